The van der Waals surface area contributed by atoms with Crippen LogP contribution in [0.3, 0.4) is 0 Å². The maximum atomic E-state index is 12.7. The highest BCUT2D eigenvalue weighted by atomic mass is 32.2. The monoisotopic (exact) mass is 436 g/mol. The van der Waals surface area contributed by atoms with Crippen LogP contribution in [0, 0.1) is 18.8 Å². The Balaban J connectivity index is 1.87. The van der Waals surface area contributed by atoms with E-state index in [1.54, 1.807) is 44.2 Å². The van der Waals surface area contributed by atoms with E-state index in [2.05, 4.69) is 21.5 Å². The van der Waals surface area contributed by atoms with Crippen molar-refractivity contribution < 1.29 is 23.1 Å². The summed E-state index contributed by atoms with van der Waals surface area (Å²) in [5, 5.41) is 9.86. The molecule has 0 aliphatic rings. The Labute approximate surface area is 180 Å². The number of aromatic nitrogens is 1. The number of carbonyl (C=O) groups is 1. The van der Waals surface area contributed by atoms with Crippen LogP contribution >= 0.6 is 0 Å². The average Bonchev–Trinajstić information content (AvgIpc) is 2.75. The third-order valence-corrected chi connectivity index (χ3v) is 5.56. The normalized spacial score (nSPS) is 10.6. The number of ether oxygens (including phenoxy) is 1. The Morgan fingerprint density at radius 3 is 2.55 bits per heavy atom. The van der Waals surface area contributed by atoms with Gasteiger partial charge in [0.05, 0.1) is 11.5 Å². The number of hydrogen-bond acceptors (Lipinski definition) is 6. The maximum Gasteiger partial charge on any atom is 0.341 e. The Hall–Kier alpha value is -3.83. The average molecular weight is 436 g/mol. The highest BCUT2D eigenvalue weighted by Crippen LogP contribution is 2.20. The Morgan fingerprint density at radius 1 is 1.10 bits per heavy atom. The Bertz CT molecular complexity index is 1290. The van der Waals surface area contributed by atoms with E-state index in [-0.39, 0.29) is 28.6 Å². The van der Waals surface area contributed by atoms with Crippen LogP contribution in [-0.2, 0) is 14.8 Å². The number of aryl methyl sites for hydroxylation is 1. The largest absolute Gasteiger partial charge is 0.507 e. The number of benzene rings is 2. The quantitative estimate of drug-likeness (QED) is 0.469. The molecule has 8 heteroatoms. The minimum absolute atomic E-state index is 0.0138. The van der Waals surface area contributed by atoms with E-state index in [1.807, 2.05) is 0 Å². The van der Waals surface area contributed by atoms with Crippen LogP contribution in [0.2, 0.25) is 0 Å². The van der Waals surface area contributed by atoms with Crippen LogP contribution in [0.5, 0.6) is 5.75 Å². The van der Waals surface area contributed by atoms with Gasteiger partial charge in [-0.1, -0.05) is 24.0 Å². The lowest BCUT2D eigenvalue weighted by Crippen LogP contribution is -2.14. The summed E-state index contributed by atoms with van der Waals surface area (Å²) in [5.74, 6) is 5.15. The van der Waals surface area contributed by atoms with Crippen LogP contribution < -0.4 is 4.72 Å². The summed E-state index contributed by atoms with van der Waals surface area (Å²) in [6.45, 7) is 3.61. The van der Waals surface area contributed by atoms with Crippen LogP contribution in [-0.4, -0.2) is 31.1 Å². The number of carbonyl (C=O) groups excluding carboxylic acids is 1. The third kappa shape index (κ3) is 5.41. The molecule has 1 aromatic heterocycles. The molecule has 0 fully saturated rings. The van der Waals surface area contributed by atoms with Crippen molar-refractivity contribution in [3.05, 3.63) is 83.0 Å². The zero-order chi connectivity index (χ0) is 22.4. The fraction of sp³-hybridized carbons (Fsp3) is 0.130. The molecule has 0 aliphatic carbocycles. The Morgan fingerprint density at radius 2 is 1.84 bits per heavy atom. The van der Waals surface area contributed by atoms with E-state index >= 15 is 0 Å². The van der Waals surface area contributed by atoms with Crippen molar-refractivity contribution in [1.29, 1.82) is 0 Å². The van der Waals surface area contributed by atoms with Gasteiger partial charge in [-0.2, -0.15) is 0 Å². The summed E-state index contributed by atoms with van der Waals surface area (Å²) in [5.41, 5.74) is 1.65. The molecule has 3 rings (SSSR count). The lowest BCUT2D eigenvalue weighted by atomic mass is 10.1. The van der Waals surface area contributed by atoms with Crippen LogP contribution in [0.4, 0.5) is 5.82 Å². The van der Waals surface area contributed by atoms with E-state index in [1.165, 1.54) is 30.5 Å². The van der Waals surface area contributed by atoms with Crippen LogP contribution in [0.15, 0.2) is 65.7 Å². The second kappa shape index (κ2) is 9.32. The third-order valence-electron chi connectivity index (χ3n) is 4.23. The second-order valence-electron chi connectivity index (χ2n) is 6.50. The number of pyridine rings is 1. The van der Waals surface area contributed by atoms with Gasteiger partial charge in [-0.3, -0.25) is 4.72 Å². The van der Waals surface area contributed by atoms with E-state index in [9.17, 15) is 18.3 Å². The number of rotatable bonds is 5. The molecule has 0 bridgehead atoms. The van der Waals surface area contributed by atoms with Crippen molar-refractivity contribution in [2.75, 3.05) is 11.3 Å². The Kier molecular flexibility index (Phi) is 6.58. The van der Waals surface area contributed by atoms with Gasteiger partial charge in [0, 0.05) is 17.3 Å². The first-order valence-electron chi connectivity index (χ1n) is 9.37. The number of esters is 1. The maximum absolute atomic E-state index is 12.7. The lowest BCUT2D eigenvalue weighted by Gasteiger charge is -2.09. The summed E-state index contributed by atoms with van der Waals surface area (Å²) in [6, 6.07) is 14.0. The van der Waals surface area contributed by atoms with E-state index in [4.69, 9.17) is 4.74 Å². The number of aromatic hydroxyl groups is 1. The van der Waals surface area contributed by atoms with E-state index in [0.29, 0.717) is 16.7 Å². The molecular weight excluding hydrogens is 416 g/mol. The predicted molar refractivity (Wildman–Crippen MR) is 116 cm³/mol. The molecule has 0 spiro atoms. The fourth-order valence-electron chi connectivity index (χ4n) is 2.65. The highest BCUT2D eigenvalue weighted by molar-refractivity contribution is 7.92. The van der Waals surface area contributed by atoms with Crippen molar-refractivity contribution in [2.45, 2.75) is 18.7 Å². The molecule has 0 aliphatic heterocycles. The van der Waals surface area contributed by atoms with Crippen molar-refractivity contribution in [1.82, 2.24) is 4.98 Å². The van der Waals surface area contributed by atoms with Gasteiger partial charge in [-0.25, -0.2) is 18.2 Å². The van der Waals surface area contributed by atoms with Gasteiger partial charge in [-0.05, 0) is 61.9 Å². The minimum Gasteiger partial charge on any atom is -0.507 e. The molecule has 2 N–H and O–H groups in total. The summed E-state index contributed by atoms with van der Waals surface area (Å²) >= 11 is 0. The van der Waals surface area contributed by atoms with Gasteiger partial charge < -0.3 is 9.84 Å². The van der Waals surface area contributed by atoms with Crippen molar-refractivity contribution in [3.8, 4) is 17.6 Å². The molecular formula is C23H20N2O5S. The van der Waals surface area contributed by atoms with Gasteiger partial charge in [-0.15, -0.1) is 0 Å². The smallest absolute Gasteiger partial charge is 0.341 e. The van der Waals surface area contributed by atoms with E-state index < -0.39 is 16.0 Å². The summed E-state index contributed by atoms with van der Waals surface area (Å²) in [6.07, 6.45) is 1.51. The first kappa shape index (κ1) is 21.9. The molecule has 0 saturated carbocycles. The van der Waals surface area contributed by atoms with Gasteiger partial charge >= 0.3 is 5.97 Å². The van der Waals surface area contributed by atoms with Crippen LogP contribution in [0.25, 0.3) is 0 Å². The molecule has 0 atom stereocenters. The standard InChI is InChI=1S/C23H20N2O5S/c1-3-30-23(27)20-15-18(11-12-21(20)26)10-9-17-7-4-8-19(14-17)31(28,29)25-22-16(2)6-5-13-24-22/h4-8,11-15,26H,3H2,1-2H3,(H,24,25). The zero-order valence-electron chi connectivity index (χ0n) is 16.9. The minimum atomic E-state index is -3.85. The van der Waals surface area contributed by atoms with Gasteiger partial charge in [0.25, 0.3) is 10.0 Å². The summed E-state index contributed by atoms with van der Waals surface area (Å²) in [7, 11) is -3.85. The zero-order valence-corrected chi connectivity index (χ0v) is 17.7. The molecule has 0 radical (unpaired) electrons. The summed E-state index contributed by atoms with van der Waals surface area (Å²) in [4.78, 5) is 16.0. The molecule has 7 nitrogen and oxygen atoms in total. The summed E-state index contributed by atoms with van der Waals surface area (Å²) < 4.78 is 32.8. The molecule has 2 aromatic carbocycles. The highest BCUT2D eigenvalue weighted by Gasteiger charge is 2.16. The molecule has 158 valence electrons. The number of nitrogens with one attached hydrogen (secondary N) is 1. The molecule has 31 heavy (non-hydrogen) atoms. The SMILES string of the molecule is CCOC(=O)c1cc(C#Cc2cccc(S(=O)(=O)Nc3ncccc3C)c2)ccc1O. The van der Waals surface area contributed by atoms with Gasteiger partial charge in [0.15, 0.2) is 0 Å². The van der Waals surface area contributed by atoms with E-state index in [0.717, 1.165) is 0 Å². The number of nitrogens with zero attached hydrogens (tertiary/aromatic N) is 1. The first-order valence-corrected chi connectivity index (χ1v) is 10.8. The number of anilines is 1. The predicted octanol–water partition coefficient (Wildman–Crippen LogP) is 3.47. The lowest BCUT2D eigenvalue weighted by molar-refractivity contribution is 0.0523. The number of phenolic OH excluding ortho intramolecular Hbond substituents is 1. The van der Waals surface area contributed by atoms with Crippen molar-refractivity contribution in [3.63, 3.8) is 0 Å². The molecule has 3 aromatic rings. The fourth-order valence-corrected chi connectivity index (χ4v) is 3.78. The number of sulfonamides is 1. The van der Waals surface area contributed by atoms with Crippen LogP contribution in [0.1, 0.15) is 34.0 Å². The van der Waals surface area contributed by atoms with Gasteiger partial charge in [0.2, 0.25) is 0 Å². The first-order chi connectivity index (χ1) is 14.8. The molecule has 1 heterocycles. The molecule has 0 amide bonds. The molecule has 0 unspecified atom stereocenters. The topological polar surface area (TPSA) is 106 Å². The van der Waals surface area contributed by atoms with Gasteiger partial charge in [0.1, 0.15) is 17.1 Å². The second-order valence-corrected chi connectivity index (χ2v) is 8.19. The van der Waals surface area contributed by atoms with Crippen molar-refractivity contribution in [2.24, 2.45) is 0 Å². The number of hydrogen-bond donors (Lipinski definition) is 2. The number of phenols is 1. The molecule has 0 saturated heterocycles. The van der Waals surface area contributed by atoms with Crippen molar-refractivity contribution >= 4 is 21.8 Å².